The number of carbonyl (C=O) groups is 2. The molecule has 3 N–H and O–H groups in total. The third kappa shape index (κ3) is 5.86. The smallest absolute Gasteiger partial charge is 0.335 e. The molecule has 0 bridgehead atoms. The van der Waals surface area contributed by atoms with Crippen molar-refractivity contribution in [1.82, 2.24) is 5.32 Å². The van der Waals surface area contributed by atoms with E-state index in [0.29, 0.717) is 23.6 Å². The molecule has 0 aliphatic rings. The van der Waals surface area contributed by atoms with E-state index in [1.54, 1.807) is 36.4 Å². The summed E-state index contributed by atoms with van der Waals surface area (Å²) in [5.41, 5.74) is 1.19. The van der Waals surface area contributed by atoms with Crippen LogP contribution in [0.25, 0.3) is 0 Å². The molecule has 26 heavy (non-hydrogen) atoms. The summed E-state index contributed by atoms with van der Waals surface area (Å²) in [5, 5.41) is 14.4. The van der Waals surface area contributed by atoms with Crippen LogP contribution in [0.2, 0.25) is 0 Å². The number of ether oxygens (including phenoxy) is 1. The lowest BCUT2D eigenvalue weighted by Gasteiger charge is -2.11. The Balaban J connectivity index is 1.93. The van der Waals surface area contributed by atoms with Gasteiger partial charge in [-0.1, -0.05) is 19.4 Å². The van der Waals surface area contributed by atoms with Crippen molar-refractivity contribution >= 4 is 34.9 Å². The second-order valence-electron chi connectivity index (χ2n) is 5.52. The van der Waals surface area contributed by atoms with Crippen LogP contribution in [0.5, 0.6) is 5.75 Å². The fourth-order valence-corrected chi connectivity index (χ4v) is 2.31. The van der Waals surface area contributed by atoms with Gasteiger partial charge >= 0.3 is 5.97 Å². The minimum atomic E-state index is -1.01. The number of hydrogen-bond donors (Lipinski definition) is 3. The van der Waals surface area contributed by atoms with E-state index in [1.807, 2.05) is 0 Å². The lowest BCUT2D eigenvalue weighted by molar-refractivity contribution is 0.0696. The van der Waals surface area contributed by atoms with Gasteiger partial charge in [0.2, 0.25) is 0 Å². The van der Waals surface area contributed by atoms with Gasteiger partial charge in [-0.05, 0) is 61.1 Å². The quantitative estimate of drug-likeness (QED) is 0.507. The number of amides is 1. The number of thiocarbonyl (C=S) groups is 1. The van der Waals surface area contributed by atoms with Gasteiger partial charge in [-0.3, -0.25) is 10.1 Å². The maximum atomic E-state index is 12.3. The van der Waals surface area contributed by atoms with Crippen molar-refractivity contribution in [3.05, 3.63) is 59.7 Å². The maximum Gasteiger partial charge on any atom is 0.335 e. The summed E-state index contributed by atoms with van der Waals surface area (Å²) in [4.78, 5) is 23.1. The van der Waals surface area contributed by atoms with Gasteiger partial charge in [-0.25, -0.2) is 4.79 Å². The second-order valence-corrected chi connectivity index (χ2v) is 5.93. The van der Waals surface area contributed by atoms with Crippen LogP contribution in [0.1, 0.15) is 40.5 Å². The van der Waals surface area contributed by atoms with Gasteiger partial charge in [0.25, 0.3) is 5.91 Å². The molecule has 0 unspecified atom stereocenters. The van der Waals surface area contributed by atoms with E-state index < -0.39 is 5.97 Å². The zero-order valence-electron chi connectivity index (χ0n) is 14.3. The number of nitrogens with one attached hydrogen (secondary N) is 2. The Kier molecular flexibility index (Phi) is 7.11. The first-order valence-electron chi connectivity index (χ1n) is 8.18. The van der Waals surface area contributed by atoms with Gasteiger partial charge in [0.1, 0.15) is 5.75 Å². The van der Waals surface area contributed by atoms with E-state index in [0.717, 1.165) is 12.8 Å². The van der Waals surface area contributed by atoms with Crippen molar-refractivity contribution < 1.29 is 19.4 Å². The van der Waals surface area contributed by atoms with Crippen LogP contribution < -0.4 is 15.4 Å². The Hall–Kier alpha value is -2.93. The van der Waals surface area contributed by atoms with E-state index in [1.165, 1.54) is 12.1 Å². The molecule has 2 aromatic rings. The molecule has 0 atom stereocenters. The second kappa shape index (κ2) is 9.53. The molecule has 136 valence electrons. The molecule has 7 heteroatoms. The molecule has 0 aliphatic heterocycles. The Morgan fingerprint density at radius 2 is 1.85 bits per heavy atom. The summed E-state index contributed by atoms with van der Waals surface area (Å²) in [5.74, 6) is -0.728. The Labute approximate surface area is 157 Å². The Morgan fingerprint density at radius 3 is 2.50 bits per heavy atom. The summed E-state index contributed by atoms with van der Waals surface area (Å²) in [7, 11) is 0. The van der Waals surface area contributed by atoms with Crippen LogP contribution in [0, 0.1) is 0 Å². The fourth-order valence-electron chi connectivity index (χ4n) is 2.10. The lowest BCUT2D eigenvalue weighted by Crippen LogP contribution is -2.34. The van der Waals surface area contributed by atoms with E-state index >= 15 is 0 Å². The van der Waals surface area contributed by atoms with Gasteiger partial charge < -0.3 is 15.2 Å². The summed E-state index contributed by atoms with van der Waals surface area (Å²) < 4.78 is 5.59. The maximum absolute atomic E-state index is 12.3. The van der Waals surface area contributed by atoms with E-state index in [2.05, 4.69) is 17.6 Å². The largest absolute Gasteiger partial charge is 0.494 e. The number of hydrogen-bond acceptors (Lipinski definition) is 4. The zero-order valence-corrected chi connectivity index (χ0v) is 15.1. The first-order valence-corrected chi connectivity index (χ1v) is 8.59. The third-order valence-corrected chi connectivity index (χ3v) is 3.68. The number of aromatic carboxylic acids is 1. The molecule has 0 radical (unpaired) electrons. The SMILES string of the molecule is CCCCOc1cccc(C(=O)NC(=S)Nc2ccc(C(=O)O)cc2)c1. The van der Waals surface area contributed by atoms with Crippen molar-refractivity contribution in [3.8, 4) is 5.75 Å². The van der Waals surface area contributed by atoms with Crippen molar-refractivity contribution in [2.24, 2.45) is 0 Å². The Bertz CT molecular complexity index is 790. The van der Waals surface area contributed by atoms with Crippen molar-refractivity contribution in [3.63, 3.8) is 0 Å². The molecule has 0 fully saturated rings. The topological polar surface area (TPSA) is 87.7 Å². The highest BCUT2D eigenvalue weighted by Gasteiger charge is 2.09. The number of unbranched alkanes of at least 4 members (excludes halogenated alkanes) is 1. The highest BCUT2D eigenvalue weighted by Crippen LogP contribution is 2.14. The standard InChI is InChI=1S/C19H20N2O4S/c1-2-3-11-25-16-6-4-5-14(12-16)17(22)21-19(26)20-15-9-7-13(8-10-15)18(23)24/h4-10,12H,2-3,11H2,1H3,(H,23,24)(H2,20,21,22,26). The minimum Gasteiger partial charge on any atom is -0.494 e. The normalized spacial score (nSPS) is 10.0. The first kappa shape index (κ1) is 19.4. The number of benzene rings is 2. The number of rotatable bonds is 7. The zero-order chi connectivity index (χ0) is 18.9. The number of carbonyl (C=O) groups excluding carboxylic acids is 1. The van der Waals surface area contributed by atoms with Crippen molar-refractivity contribution in [2.75, 3.05) is 11.9 Å². The number of anilines is 1. The summed E-state index contributed by atoms with van der Waals surface area (Å²) >= 11 is 5.12. The number of carboxylic acids is 1. The number of carboxylic acid groups (broad SMARTS) is 1. The van der Waals surface area contributed by atoms with Crippen LogP contribution in [-0.2, 0) is 0 Å². The lowest BCUT2D eigenvalue weighted by atomic mass is 10.2. The van der Waals surface area contributed by atoms with Crippen LogP contribution in [0.3, 0.4) is 0 Å². The molecular formula is C19H20N2O4S. The van der Waals surface area contributed by atoms with E-state index in [4.69, 9.17) is 22.1 Å². The molecule has 6 nitrogen and oxygen atoms in total. The average molecular weight is 372 g/mol. The monoisotopic (exact) mass is 372 g/mol. The molecule has 0 spiro atoms. The molecule has 2 rings (SSSR count). The molecular weight excluding hydrogens is 352 g/mol. The van der Waals surface area contributed by atoms with Gasteiger partial charge in [0.15, 0.2) is 5.11 Å². The molecule has 0 aromatic heterocycles. The molecule has 1 amide bonds. The third-order valence-electron chi connectivity index (χ3n) is 3.48. The van der Waals surface area contributed by atoms with Crippen LogP contribution in [0.15, 0.2) is 48.5 Å². The van der Waals surface area contributed by atoms with Gasteiger partial charge in [0, 0.05) is 11.3 Å². The summed E-state index contributed by atoms with van der Waals surface area (Å²) in [6, 6.07) is 12.9. The van der Waals surface area contributed by atoms with Crippen LogP contribution in [0.4, 0.5) is 5.69 Å². The minimum absolute atomic E-state index is 0.121. The molecule has 0 saturated heterocycles. The highest BCUT2D eigenvalue weighted by molar-refractivity contribution is 7.80. The van der Waals surface area contributed by atoms with E-state index in [-0.39, 0.29) is 16.6 Å². The molecule has 0 saturated carbocycles. The van der Waals surface area contributed by atoms with Gasteiger partial charge in [-0.15, -0.1) is 0 Å². The molecule has 2 aromatic carbocycles. The first-order chi connectivity index (χ1) is 12.5. The summed E-state index contributed by atoms with van der Waals surface area (Å²) in [6.07, 6.45) is 1.98. The van der Waals surface area contributed by atoms with Gasteiger partial charge in [0.05, 0.1) is 12.2 Å². The van der Waals surface area contributed by atoms with Crippen molar-refractivity contribution in [1.29, 1.82) is 0 Å². The van der Waals surface area contributed by atoms with Gasteiger partial charge in [-0.2, -0.15) is 0 Å². The van der Waals surface area contributed by atoms with Crippen LogP contribution >= 0.6 is 12.2 Å². The molecule has 0 aliphatic carbocycles. The fraction of sp³-hybridized carbons (Fsp3) is 0.211. The Morgan fingerprint density at radius 1 is 1.12 bits per heavy atom. The van der Waals surface area contributed by atoms with E-state index in [9.17, 15) is 9.59 Å². The van der Waals surface area contributed by atoms with Crippen LogP contribution in [-0.4, -0.2) is 28.7 Å². The average Bonchev–Trinajstić information content (AvgIpc) is 2.62. The molecule has 0 heterocycles. The van der Waals surface area contributed by atoms with Crippen molar-refractivity contribution in [2.45, 2.75) is 19.8 Å². The predicted molar refractivity (Wildman–Crippen MR) is 104 cm³/mol. The summed E-state index contributed by atoms with van der Waals surface area (Å²) in [6.45, 7) is 2.68. The predicted octanol–water partition coefficient (Wildman–Crippen LogP) is 3.69. The highest BCUT2D eigenvalue weighted by atomic mass is 32.1.